The maximum absolute atomic E-state index is 2.27. The third-order valence-electron chi connectivity index (χ3n) is 3.51. The van der Waals surface area contributed by atoms with Crippen LogP contribution >= 0.6 is 0 Å². The van der Waals surface area contributed by atoms with Gasteiger partial charge in [-0.05, 0) is 42.0 Å². The van der Waals surface area contributed by atoms with E-state index in [0.717, 1.165) is 0 Å². The Morgan fingerprint density at radius 3 is 2.33 bits per heavy atom. The van der Waals surface area contributed by atoms with Crippen molar-refractivity contribution in [3.05, 3.63) is 76.9 Å². The molecule has 0 heteroatoms. The van der Waals surface area contributed by atoms with Gasteiger partial charge >= 0.3 is 0 Å². The van der Waals surface area contributed by atoms with Crippen LogP contribution in [0.15, 0.2) is 54.6 Å². The van der Waals surface area contributed by atoms with E-state index in [-0.39, 0.29) is 0 Å². The molecular formula is C18H20. The summed E-state index contributed by atoms with van der Waals surface area (Å²) in [5.41, 5.74) is 5.45. The zero-order valence-electron chi connectivity index (χ0n) is 11.4. The molecule has 0 aromatic heterocycles. The third kappa shape index (κ3) is 2.89. The molecule has 0 aliphatic carbocycles. The minimum atomic E-state index is 0.449. The molecular weight excluding hydrogens is 216 g/mol. The van der Waals surface area contributed by atoms with Crippen LogP contribution in [0.5, 0.6) is 0 Å². The van der Waals surface area contributed by atoms with Crippen molar-refractivity contribution in [1.82, 2.24) is 0 Å². The van der Waals surface area contributed by atoms with Crippen LogP contribution in [-0.2, 0) is 0 Å². The van der Waals surface area contributed by atoms with Gasteiger partial charge in [-0.2, -0.15) is 0 Å². The molecule has 0 heterocycles. The smallest absolute Gasteiger partial charge is 0.000439 e. The van der Waals surface area contributed by atoms with Crippen LogP contribution in [0, 0.1) is 13.8 Å². The van der Waals surface area contributed by atoms with E-state index in [1.54, 1.807) is 0 Å². The lowest BCUT2D eigenvalue weighted by molar-refractivity contribution is 0.952. The van der Waals surface area contributed by atoms with Crippen molar-refractivity contribution in [2.45, 2.75) is 26.7 Å². The van der Waals surface area contributed by atoms with E-state index < -0.39 is 0 Å². The quantitative estimate of drug-likeness (QED) is 0.693. The van der Waals surface area contributed by atoms with Crippen molar-refractivity contribution in [2.24, 2.45) is 0 Å². The average Bonchev–Trinajstić information content (AvgIpc) is 2.40. The first-order valence-corrected chi connectivity index (χ1v) is 6.48. The third-order valence-corrected chi connectivity index (χ3v) is 3.51. The van der Waals surface area contributed by atoms with Crippen molar-refractivity contribution >= 4 is 6.08 Å². The molecule has 0 aliphatic heterocycles. The molecule has 18 heavy (non-hydrogen) atoms. The highest BCUT2D eigenvalue weighted by Crippen LogP contribution is 2.23. The zero-order valence-corrected chi connectivity index (χ0v) is 11.4. The number of rotatable bonds is 3. The zero-order chi connectivity index (χ0) is 13.0. The number of benzene rings is 2. The monoisotopic (exact) mass is 236 g/mol. The lowest BCUT2D eigenvalue weighted by Crippen LogP contribution is -1.95. The van der Waals surface area contributed by atoms with Gasteiger partial charge in [-0.25, -0.2) is 0 Å². The molecule has 0 bridgehead atoms. The molecule has 0 spiro atoms. The van der Waals surface area contributed by atoms with Crippen molar-refractivity contribution < 1.29 is 0 Å². The Morgan fingerprint density at radius 2 is 1.61 bits per heavy atom. The van der Waals surface area contributed by atoms with E-state index in [0.29, 0.717) is 5.92 Å². The lowest BCUT2D eigenvalue weighted by atomic mass is 9.93. The predicted octanol–water partition coefficient (Wildman–Crippen LogP) is 5.12. The van der Waals surface area contributed by atoms with Crippen LogP contribution in [0.25, 0.3) is 6.08 Å². The van der Waals surface area contributed by atoms with Crippen LogP contribution in [0.2, 0.25) is 0 Å². The van der Waals surface area contributed by atoms with E-state index >= 15 is 0 Å². The molecule has 0 radical (unpaired) electrons. The van der Waals surface area contributed by atoms with Crippen molar-refractivity contribution in [1.29, 1.82) is 0 Å². The fourth-order valence-electron chi connectivity index (χ4n) is 2.19. The Labute approximate surface area is 110 Å². The Kier molecular flexibility index (Phi) is 3.99. The van der Waals surface area contributed by atoms with E-state index in [4.69, 9.17) is 0 Å². The average molecular weight is 236 g/mol. The molecule has 0 nitrogen and oxygen atoms in total. The summed E-state index contributed by atoms with van der Waals surface area (Å²) in [4.78, 5) is 0. The Balaban J connectivity index is 2.20. The second-order valence-corrected chi connectivity index (χ2v) is 4.85. The van der Waals surface area contributed by atoms with Gasteiger partial charge in [0.25, 0.3) is 0 Å². The number of hydrogen-bond donors (Lipinski definition) is 0. The SMILES string of the molecule is Cc1cccc(C(C)C=Cc2ccccc2)c1C. The van der Waals surface area contributed by atoms with E-state index in [9.17, 15) is 0 Å². The minimum Gasteiger partial charge on any atom is -0.0767 e. The molecule has 0 fully saturated rings. The summed E-state index contributed by atoms with van der Waals surface area (Å²) in [5, 5.41) is 0. The molecule has 2 aromatic carbocycles. The van der Waals surface area contributed by atoms with Gasteiger partial charge in [-0.3, -0.25) is 0 Å². The molecule has 92 valence electrons. The molecule has 2 aromatic rings. The predicted molar refractivity (Wildman–Crippen MR) is 79.8 cm³/mol. The molecule has 0 amide bonds. The standard InChI is InChI=1S/C18H20/c1-14-8-7-11-18(16(14)3)15(2)12-13-17-9-5-4-6-10-17/h4-13,15H,1-3H3. The van der Waals surface area contributed by atoms with Crippen LogP contribution in [0.3, 0.4) is 0 Å². The summed E-state index contributed by atoms with van der Waals surface area (Å²) in [6.07, 6.45) is 4.48. The highest BCUT2D eigenvalue weighted by atomic mass is 14.1. The summed E-state index contributed by atoms with van der Waals surface area (Å²) in [5.74, 6) is 0.449. The number of allylic oxidation sites excluding steroid dienone is 1. The van der Waals surface area contributed by atoms with Gasteiger partial charge in [0, 0.05) is 0 Å². The summed E-state index contributed by atoms with van der Waals surface area (Å²) < 4.78 is 0. The van der Waals surface area contributed by atoms with Gasteiger partial charge in [-0.15, -0.1) is 0 Å². The maximum atomic E-state index is 2.27. The Hall–Kier alpha value is -1.82. The second-order valence-electron chi connectivity index (χ2n) is 4.85. The molecule has 0 saturated heterocycles. The molecule has 2 rings (SSSR count). The first-order valence-electron chi connectivity index (χ1n) is 6.48. The lowest BCUT2D eigenvalue weighted by Gasteiger charge is -2.12. The Morgan fingerprint density at radius 1 is 0.889 bits per heavy atom. The molecule has 0 N–H and O–H groups in total. The first kappa shape index (κ1) is 12.6. The van der Waals surface area contributed by atoms with Gasteiger partial charge in [0.2, 0.25) is 0 Å². The summed E-state index contributed by atoms with van der Waals surface area (Å²) in [6, 6.07) is 17.0. The molecule has 0 aliphatic rings. The second kappa shape index (κ2) is 5.68. The van der Waals surface area contributed by atoms with Gasteiger partial charge < -0.3 is 0 Å². The maximum Gasteiger partial charge on any atom is -0.000439 e. The number of hydrogen-bond acceptors (Lipinski definition) is 0. The van der Waals surface area contributed by atoms with Crippen LogP contribution in [-0.4, -0.2) is 0 Å². The van der Waals surface area contributed by atoms with Gasteiger partial charge in [0.1, 0.15) is 0 Å². The topological polar surface area (TPSA) is 0 Å². The summed E-state index contributed by atoms with van der Waals surface area (Å²) in [6.45, 7) is 6.63. The Bertz CT molecular complexity index is 535. The van der Waals surface area contributed by atoms with Crippen molar-refractivity contribution in [3.8, 4) is 0 Å². The molecule has 1 unspecified atom stereocenters. The van der Waals surface area contributed by atoms with Crippen LogP contribution < -0.4 is 0 Å². The highest BCUT2D eigenvalue weighted by molar-refractivity contribution is 5.51. The summed E-state index contributed by atoms with van der Waals surface area (Å²) >= 11 is 0. The van der Waals surface area contributed by atoms with E-state index in [1.165, 1.54) is 22.3 Å². The van der Waals surface area contributed by atoms with Gasteiger partial charge in [0.05, 0.1) is 0 Å². The van der Waals surface area contributed by atoms with Gasteiger partial charge in [0.15, 0.2) is 0 Å². The fourth-order valence-corrected chi connectivity index (χ4v) is 2.19. The largest absolute Gasteiger partial charge is 0.0767 e. The van der Waals surface area contributed by atoms with E-state index in [1.807, 2.05) is 6.07 Å². The van der Waals surface area contributed by atoms with Crippen LogP contribution in [0.4, 0.5) is 0 Å². The van der Waals surface area contributed by atoms with Gasteiger partial charge in [-0.1, -0.05) is 67.6 Å². The van der Waals surface area contributed by atoms with Crippen LogP contribution in [0.1, 0.15) is 35.1 Å². The fraction of sp³-hybridized carbons (Fsp3) is 0.222. The van der Waals surface area contributed by atoms with E-state index in [2.05, 4.69) is 75.4 Å². The minimum absolute atomic E-state index is 0.449. The first-order chi connectivity index (χ1) is 8.68. The van der Waals surface area contributed by atoms with Crippen molar-refractivity contribution in [2.75, 3.05) is 0 Å². The van der Waals surface area contributed by atoms with Crippen molar-refractivity contribution in [3.63, 3.8) is 0 Å². The highest BCUT2D eigenvalue weighted by Gasteiger charge is 2.06. The molecule has 0 saturated carbocycles. The molecule has 1 atom stereocenters. The number of aryl methyl sites for hydroxylation is 1. The summed E-state index contributed by atoms with van der Waals surface area (Å²) in [7, 11) is 0. The normalized spacial score (nSPS) is 12.8.